The van der Waals surface area contributed by atoms with Crippen molar-refractivity contribution in [3.05, 3.63) is 70.3 Å². The van der Waals surface area contributed by atoms with E-state index in [4.69, 9.17) is 9.47 Å². The quantitative estimate of drug-likeness (QED) is 0.568. The van der Waals surface area contributed by atoms with Crippen molar-refractivity contribution in [3.63, 3.8) is 0 Å². The maximum atomic E-state index is 12.4. The van der Waals surface area contributed by atoms with E-state index in [-0.39, 0.29) is 5.56 Å². The molecule has 0 spiro atoms. The average molecular weight is 400 g/mol. The van der Waals surface area contributed by atoms with Gasteiger partial charge in [-0.05, 0) is 42.5 Å². The Bertz CT molecular complexity index is 1320. The Hall–Kier alpha value is -3.87. The number of nitrogens with zero attached hydrogens (tertiary/aromatic N) is 3. The topological polar surface area (TPSA) is 82.0 Å². The highest BCUT2D eigenvalue weighted by atomic mass is 16.5. The predicted molar refractivity (Wildman–Crippen MR) is 116 cm³/mol. The molecule has 0 amide bonds. The summed E-state index contributed by atoms with van der Waals surface area (Å²) in [6.45, 7) is 1.28. The van der Waals surface area contributed by atoms with Crippen LogP contribution in [0.5, 0.6) is 11.5 Å². The Morgan fingerprint density at radius 2 is 1.90 bits per heavy atom. The van der Waals surface area contributed by atoms with Crippen LogP contribution in [0.1, 0.15) is 17.7 Å². The van der Waals surface area contributed by atoms with Crippen molar-refractivity contribution in [2.75, 3.05) is 13.2 Å². The lowest BCUT2D eigenvalue weighted by Crippen LogP contribution is -2.11. The largest absolute Gasteiger partial charge is 0.490 e. The number of H-pyrrole nitrogens is 1. The summed E-state index contributed by atoms with van der Waals surface area (Å²) in [5, 5.41) is 4.60. The first-order valence-electron chi connectivity index (χ1n) is 9.78. The number of benzene rings is 2. The van der Waals surface area contributed by atoms with Crippen LogP contribution in [0.2, 0.25) is 0 Å². The van der Waals surface area contributed by atoms with E-state index in [1.807, 2.05) is 61.8 Å². The van der Waals surface area contributed by atoms with Crippen molar-refractivity contribution in [1.29, 1.82) is 0 Å². The minimum absolute atomic E-state index is 0.231. The van der Waals surface area contributed by atoms with Crippen molar-refractivity contribution in [2.45, 2.75) is 6.42 Å². The van der Waals surface area contributed by atoms with Gasteiger partial charge in [-0.15, -0.1) is 0 Å². The van der Waals surface area contributed by atoms with Crippen molar-refractivity contribution in [3.8, 4) is 22.8 Å². The number of aryl methyl sites for hydroxylation is 1. The van der Waals surface area contributed by atoms with Gasteiger partial charge in [0.15, 0.2) is 11.5 Å². The molecule has 0 saturated heterocycles. The molecule has 1 N–H and O–H groups in total. The second-order valence-electron chi connectivity index (χ2n) is 7.12. The average Bonchev–Trinajstić information content (AvgIpc) is 2.97. The molecule has 0 radical (unpaired) electrons. The second-order valence-corrected chi connectivity index (χ2v) is 7.12. The van der Waals surface area contributed by atoms with Gasteiger partial charge in [-0.25, -0.2) is 4.98 Å². The number of hydrogen-bond acceptors (Lipinski definition) is 5. The second kappa shape index (κ2) is 7.51. The van der Waals surface area contributed by atoms with Crippen molar-refractivity contribution < 1.29 is 9.47 Å². The Morgan fingerprint density at radius 3 is 2.80 bits per heavy atom. The van der Waals surface area contributed by atoms with Crippen molar-refractivity contribution >= 4 is 23.2 Å². The number of nitrogens with one attached hydrogen (secondary N) is 1. The lowest BCUT2D eigenvalue weighted by atomic mass is 10.1. The van der Waals surface area contributed by atoms with Gasteiger partial charge in [0, 0.05) is 30.8 Å². The standard InChI is InChI=1S/C23H20N4O3/c1-27-14-16(7-9-19-23(28)25-18-6-3-2-5-17(18)24-19)22(26-27)15-8-10-20-21(13-15)30-12-4-11-29-20/h2-3,5-10,13-14H,4,11-12H2,1H3,(H,25,28)/b9-7+. The van der Waals surface area contributed by atoms with Gasteiger partial charge in [0.05, 0.1) is 29.9 Å². The zero-order chi connectivity index (χ0) is 20.5. The number of rotatable bonds is 3. The summed E-state index contributed by atoms with van der Waals surface area (Å²) < 4.78 is 13.3. The smallest absolute Gasteiger partial charge is 0.274 e. The van der Waals surface area contributed by atoms with Crippen LogP contribution < -0.4 is 15.0 Å². The van der Waals surface area contributed by atoms with Crippen LogP contribution in [-0.2, 0) is 7.05 Å². The van der Waals surface area contributed by atoms with E-state index in [0.717, 1.165) is 40.3 Å². The third kappa shape index (κ3) is 3.45. The Morgan fingerprint density at radius 1 is 1.07 bits per heavy atom. The van der Waals surface area contributed by atoms with Gasteiger partial charge in [-0.3, -0.25) is 9.48 Å². The van der Waals surface area contributed by atoms with Crippen LogP contribution in [0.15, 0.2) is 53.5 Å². The van der Waals surface area contributed by atoms with E-state index in [1.165, 1.54) is 0 Å². The summed E-state index contributed by atoms with van der Waals surface area (Å²) in [7, 11) is 1.87. The van der Waals surface area contributed by atoms with E-state index >= 15 is 0 Å². The summed E-state index contributed by atoms with van der Waals surface area (Å²) in [4.78, 5) is 19.7. The molecule has 0 fully saturated rings. The number of aromatic amines is 1. The molecule has 2 aromatic heterocycles. The summed E-state index contributed by atoms with van der Waals surface area (Å²) in [6.07, 6.45) is 6.34. The van der Waals surface area contributed by atoms with Crippen LogP contribution in [0, 0.1) is 0 Å². The van der Waals surface area contributed by atoms with Gasteiger partial charge in [0.2, 0.25) is 0 Å². The molecule has 0 aliphatic carbocycles. The molecule has 0 bridgehead atoms. The molecule has 5 rings (SSSR count). The molecule has 1 aliphatic heterocycles. The fourth-order valence-electron chi connectivity index (χ4n) is 3.49. The molecular formula is C23H20N4O3. The first kappa shape index (κ1) is 18.2. The summed E-state index contributed by atoms with van der Waals surface area (Å²) >= 11 is 0. The Kier molecular flexibility index (Phi) is 4.55. The summed E-state index contributed by atoms with van der Waals surface area (Å²) in [5.41, 5.74) is 4.16. The van der Waals surface area contributed by atoms with Gasteiger partial charge in [0.1, 0.15) is 5.69 Å². The molecule has 7 nitrogen and oxygen atoms in total. The third-order valence-corrected chi connectivity index (χ3v) is 4.92. The molecule has 1 aliphatic rings. The highest BCUT2D eigenvalue weighted by Gasteiger charge is 2.15. The lowest BCUT2D eigenvalue weighted by Gasteiger charge is -2.08. The van der Waals surface area contributed by atoms with Gasteiger partial charge in [-0.1, -0.05) is 12.1 Å². The molecule has 0 atom stereocenters. The molecule has 4 aromatic rings. The van der Waals surface area contributed by atoms with Gasteiger partial charge < -0.3 is 14.5 Å². The molecule has 30 heavy (non-hydrogen) atoms. The Labute approximate surface area is 172 Å². The van der Waals surface area contributed by atoms with E-state index in [1.54, 1.807) is 10.8 Å². The SMILES string of the molecule is Cn1cc(/C=C/c2nc3ccccc3[nH]c2=O)c(-c2ccc3c(c2)OCCCO3)n1. The molecular weight excluding hydrogens is 380 g/mol. The van der Waals surface area contributed by atoms with E-state index < -0.39 is 0 Å². The first-order valence-corrected chi connectivity index (χ1v) is 9.78. The zero-order valence-corrected chi connectivity index (χ0v) is 16.5. The minimum atomic E-state index is -0.231. The number of ether oxygens (including phenoxy) is 2. The minimum Gasteiger partial charge on any atom is -0.490 e. The number of aromatic nitrogens is 4. The highest BCUT2D eigenvalue weighted by Crippen LogP contribution is 2.35. The monoisotopic (exact) mass is 400 g/mol. The number of fused-ring (bicyclic) bond motifs is 2. The molecule has 2 aromatic carbocycles. The number of para-hydroxylation sites is 2. The maximum Gasteiger partial charge on any atom is 0.274 e. The molecule has 3 heterocycles. The van der Waals surface area contributed by atoms with Crippen LogP contribution in [0.3, 0.4) is 0 Å². The molecule has 0 saturated carbocycles. The van der Waals surface area contributed by atoms with Crippen LogP contribution in [0.4, 0.5) is 0 Å². The third-order valence-electron chi connectivity index (χ3n) is 4.92. The normalized spacial score (nSPS) is 13.6. The maximum absolute atomic E-state index is 12.4. The van der Waals surface area contributed by atoms with Gasteiger partial charge in [-0.2, -0.15) is 5.10 Å². The van der Waals surface area contributed by atoms with Crippen molar-refractivity contribution in [2.24, 2.45) is 7.05 Å². The first-order chi connectivity index (χ1) is 14.7. The van der Waals surface area contributed by atoms with Crippen LogP contribution in [0.25, 0.3) is 34.4 Å². The fourth-order valence-corrected chi connectivity index (χ4v) is 3.49. The number of hydrogen-bond donors (Lipinski definition) is 1. The molecule has 7 heteroatoms. The van der Waals surface area contributed by atoms with E-state index in [2.05, 4.69) is 15.1 Å². The van der Waals surface area contributed by atoms with Gasteiger partial charge in [0.25, 0.3) is 5.56 Å². The zero-order valence-electron chi connectivity index (χ0n) is 16.5. The predicted octanol–water partition coefficient (Wildman–Crippen LogP) is 3.66. The lowest BCUT2D eigenvalue weighted by molar-refractivity contribution is 0.297. The molecule has 150 valence electrons. The fraction of sp³-hybridized carbons (Fsp3) is 0.174. The summed E-state index contributed by atoms with van der Waals surface area (Å²) in [6, 6.07) is 13.3. The summed E-state index contributed by atoms with van der Waals surface area (Å²) in [5.74, 6) is 1.47. The highest BCUT2D eigenvalue weighted by molar-refractivity contribution is 5.80. The molecule has 0 unspecified atom stereocenters. The Balaban J connectivity index is 1.52. The van der Waals surface area contributed by atoms with Gasteiger partial charge >= 0.3 is 0 Å². The van der Waals surface area contributed by atoms with Crippen LogP contribution >= 0.6 is 0 Å². The van der Waals surface area contributed by atoms with Crippen LogP contribution in [-0.4, -0.2) is 33.0 Å². The van der Waals surface area contributed by atoms with Crippen molar-refractivity contribution in [1.82, 2.24) is 19.7 Å². The van der Waals surface area contributed by atoms with E-state index in [0.29, 0.717) is 24.4 Å². The van der Waals surface area contributed by atoms with E-state index in [9.17, 15) is 4.79 Å².